The third-order valence-electron chi connectivity index (χ3n) is 4.67. The van der Waals surface area contributed by atoms with Crippen molar-refractivity contribution in [3.63, 3.8) is 0 Å². The van der Waals surface area contributed by atoms with Crippen LogP contribution >= 0.6 is 0 Å². The van der Waals surface area contributed by atoms with Crippen molar-refractivity contribution in [2.45, 2.75) is 26.4 Å². The third kappa shape index (κ3) is 2.77. The van der Waals surface area contributed by atoms with Gasteiger partial charge in [-0.1, -0.05) is 12.1 Å². The molecule has 0 spiro atoms. The Kier molecular flexibility index (Phi) is 4.03. The predicted octanol–water partition coefficient (Wildman–Crippen LogP) is 3.44. The molecule has 0 aliphatic carbocycles. The van der Waals surface area contributed by atoms with E-state index in [0.717, 1.165) is 40.2 Å². The van der Waals surface area contributed by atoms with Crippen LogP contribution in [0.2, 0.25) is 0 Å². The number of carbonyl (C=O) groups is 1. The van der Waals surface area contributed by atoms with Crippen molar-refractivity contribution in [3.8, 4) is 11.5 Å². The number of ether oxygens (including phenoxy) is 2. The molecule has 0 fully saturated rings. The van der Waals surface area contributed by atoms with E-state index < -0.39 is 0 Å². The van der Waals surface area contributed by atoms with Crippen molar-refractivity contribution in [2.24, 2.45) is 0 Å². The highest BCUT2D eigenvalue weighted by molar-refractivity contribution is 5.99. The first-order chi connectivity index (χ1) is 12.6. The van der Waals surface area contributed by atoms with Gasteiger partial charge in [0.25, 0.3) is 5.91 Å². The monoisotopic (exact) mass is 351 g/mol. The zero-order chi connectivity index (χ0) is 18.3. The molecule has 3 aromatic rings. The van der Waals surface area contributed by atoms with E-state index in [0.29, 0.717) is 17.9 Å². The van der Waals surface area contributed by atoms with Gasteiger partial charge in [0.15, 0.2) is 0 Å². The van der Waals surface area contributed by atoms with Crippen LogP contribution in [0.25, 0.3) is 11.0 Å². The number of benzene rings is 2. The molecule has 0 saturated heterocycles. The van der Waals surface area contributed by atoms with E-state index in [1.807, 2.05) is 19.1 Å². The number of imidazole rings is 1. The maximum absolute atomic E-state index is 12.1. The van der Waals surface area contributed by atoms with Gasteiger partial charge in [-0.25, -0.2) is 4.98 Å². The number of aromatic amines is 1. The molecule has 6 heteroatoms. The van der Waals surface area contributed by atoms with E-state index >= 15 is 0 Å². The fraction of sp³-hybridized carbons (Fsp3) is 0.300. The van der Waals surface area contributed by atoms with Crippen LogP contribution in [-0.4, -0.2) is 29.5 Å². The van der Waals surface area contributed by atoms with Crippen molar-refractivity contribution >= 4 is 16.9 Å². The Balaban J connectivity index is 1.80. The van der Waals surface area contributed by atoms with Gasteiger partial charge in [0.1, 0.15) is 28.9 Å². The van der Waals surface area contributed by atoms with Crippen LogP contribution in [0.5, 0.6) is 11.5 Å². The van der Waals surface area contributed by atoms with Crippen LogP contribution in [0.1, 0.15) is 39.8 Å². The van der Waals surface area contributed by atoms with Gasteiger partial charge in [-0.05, 0) is 37.6 Å². The SMILES string of the molecule is CNC(=O)c1cc(OC2CCOc3cccc(C)c32)c2nc(C)[nH]c2c1. The van der Waals surface area contributed by atoms with Crippen LogP contribution < -0.4 is 14.8 Å². The lowest BCUT2D eigenvalue weighted by Crippen LogP contribution is -2.21. The second-order valence-corrected chi connectivity index (χ2v) is 6.50. The van der Waals surface area contributed by atoms with Gasteiger partial charge in [0.2, 0.25) is 0 Å². The smallest absolute Gasteiger partial charge is 0.251 e. The Morgan fingerprint density at radius 1 is 1.35 bits per heavy atom. The number of nitrogens with one attached hydrogen (secondary N) is 2. The number of hydrogen-bond donors (Lipinski definition) is 2. The molecular formula is C20H21N3O3. The molecule has 0 bridgehead atoms. The van der Waals surface area contributed by atoms with E-state index in [1.54, 1.807) is 19.2 Å². The lowest BCUT2D eigenvalue weighted by molar-refractivity contribution is 0.0961. The zero-order valence-electron chi connectivity index (χ0n) is 15.1. The number of rotatable bonds is 3. The van der Waals surface area contributed by atoms with Crippen molar-refractivity contribution in [1.29, 1.82) is 0 Å². The number of nitrogens with zero attached hydrogens (tertiary/aromatic N) is 1. The minimum absolute atomic E-state index is 0.139. The number of aromatic nitrogens is 2. The molecule has 134 valence electrons. The van der Waals surface area contributed by atoms with E-state index in [2.05, 4.69) is 28.3 Å². The normalized spacial score (nSPS) is 16.0. The average molecular weight is 351 g/mol. The van der Waals surface area contributed by atoms with Crippen LogP contribution in [0, 0.1) is 13.8 Å². The summed E-state index contributed by atoms with van der Waals surface area (Å²) < 4.78 is 12.2. The zero-order valence-corrected chi connectivity index (χ0v) is 15.1. The molecule has 4 rings (SSSR count). The standard InChI is InChI=1S/C20H21N3O3/c1-11-5-4-6-15-18(11)16(7-8-25-15)26-17-10-13(20(24)21-3)9-14-19(17)23-12(2)22-14/h4-6,9-10,16H,7-8H2,1-3H3,(H,21,24)(H,22,23). The highest BCUT2D eigenvalue weighted by Gasteiger charge is 2.26. The van der Waals surface area contributed by atoms with Crippen molar-refractivity contribution in [2.75, 3.05) is 13.7 Å². The lowest BCUT2D eigenvalue weighted by atomic mass is 9.98. The average Bonchev–Trinajstić information content (AvgIpc) is 3.01. The molecule has 0 radical (unpaired) electrons. The molecule has 2 aromatic carbocycles. The van der Waals surface area contributed by atoms with Gasteiger partial charge in [0, 0.05) is 24.6 Å². The maximum Gasteiger partial charge on any atom is 0.251 e. The Bertz CT molecular complexity index is 993. The summed E-state index contributed by atoms with van der Waals surface area (Å²) in [6.07, 6.45) is 0.604. The predicted molar refractivity (Wildman–Crippen MR) is 98.9 cm³/mol. The fourth-order valence-corrected chi connectivity index (χ4v) is 3.46. The van der Waals surface area contributed by atoms with Crippen molar-refractivity contribution < 1.29 is 14.3 Å². The summed E-state index contributed by atoms with van der Waals surface area (Å²) in [7, 11) is 1.61. The molecule has 2 heterocycles. The minimum Gasteiger partial charge on any atom is -0.493 e. The van der Waals surface area contributed by atoms with Gasteiger partial charge in [-0.15, -0.1) is 0 Å². The van der Waals surface area contributed by atoms with Crippen LogP contribution in [0.15, 0.2) is 30.3 Å². The number of H-pyrrole nitrogens is 1. The van der Waals surface area contributed by atoms with E-state index in [4.69, 9.17) is 9.47 Å². The van der Waals surface area contributed by atoms with Crippen LogP contribution in [0.4, 0.5) is 0 Å². The maximum atomic E-state index is 12.1. The molecule has 1 aliphatic heterocycles. The van der Waals surface area contributed by atoms with Gasteiger partial charge in [-0.3, -0.25) is 4.79 Å². The Labute approximate surface area is 151 Å². The molecule has 2 N–H and O–H groups in total. The minimum atomic E-state index is -0.160. The second-order valence-electron chi connectivity index (χ2n) is 6.50. The summed E-state index contributed by atoms with van der Waals surface area (Å²) in [5, 5.41) is 2.66. The van der Waals surface area contributed by atoms with E-state index in [-0.39, 0.29) is 12.0 Å². The molecule has 6 nitrogen and oxygen atoms in total. The molecule has 1 aliphatic rings. The summed E-state index contributed by atoms with van der Waals surface area (Å²) in [6, 6.07) is 9.56. The molecule has 1 unspecified atom stereocenters. The Morgan fingerprint density at radius 3 is 3.00 bits per heavy atom. The largest absolute Gasteiger partial charge is 0.493 e. The topological polar surface area (TPSA) is 76.2 Å². The van der Waals surface area contributed by atoms with Crippen LogP contribution in [-0.2, 0) is 0 Å². The van der Waals surface area contributed by atoms with Crippen LogP contribution in [0.3, 0.4) is 0 Å². The van der Waals surface area contributed by atoms with Gasteiger partial charge < -0.3 is 19.8 Å². The second kappa shape index (κ2) is 6.37. The van der Waals surface area contributed by atoms with Crippen molar-refractivity contribution in [1.82, 2.24) is 15.3 Å². The number of carbonyl (C=O) groups excluding carboxylic acids is 1. The Hall–Kier alpha value is -3.02. The molecular weight excluding hydrogens is 330 g/mol. The van der Waals surface area contributed by atoms with Gasteiger partial charge >= 0.3 is 0 Å². The molecule has 1 amide bonds. The summed E-state index contributed by atoms with van der Waals surface area (Å²) in [5.74, 6) is 2.08. The quantitative estimate of drug-likeness (QED) is 0.758. The molecule has 26 heavy (non-hydrogen) atoms. The fourth-order valence-electron chi connectivity index (χ4n) is 3.46. The molecule has 1 atom stereocenters. The summed E-state index contributed by atoms with van der Waals surface area (Å²) in [4.78, 5) is 19.9. The third-order valence-corrected chi connectivity index (χ3v) is 4.67. The number of amides is 1. The number of fused-ring (bicyclic) bond motifs is 2. The number of hydrogen-bond acceptors (Lipinski definition) is 4. The highest BCUT2D eigenvalue weighted by Crippen LogP contribution is 2.39. The first-order valence-corrected chi connectivity index (χ1v) is 8.68. The van der Waals surface area contributed by atoms with E-state index in [9.17, 15) is 4.79 Å². The molecule has 0 saturated carbocycles. The summed E-state index contributed by atoms with van der Waals surface area (Å²) >= 11 is 0. The lowest BCUT2D eigenvalue weighted by Gasteiger charge is -2.28. The summed E-state index contributed by atoms with van der Waals surface area (Å²) in [6.45, 7) is 4.54. The first kappa shape index (κ1) is 16.4. The van der Waals surface area contributed by atoms with Gasteiger partial charge in [0.05, 0.1) is 12.1 Å². The first-order valence-electron chi connectivity index (χ1n) is 8.68. The summed E-state index contributed by atoms with van der Waals surface area (Å²) in [5.41, 5.74) is 4.25. The molecule has 1 aromatic heterocycles. The highest BCUT2D eigenvalue weighted by atomic mass is 16.5. The van der Waals surface area contributed by atoms with Gasteiger partial charge in [-0.2, -0.15) is 0 Å². The number of aryl methyl sites for hydroxylation is 2. The Morgan fingerprint density at radius 2 is 2.19 bits per heavy atom. The van der Waals surface area contributed by atoms with E-state index in [1.165, 1.54) is 0 Å². The van der Waals surface area contributed by atoms with Crippen molar-refractivity contribution in [3.05, 3.63) is 52.8 Å².